The minimum Gasteiger partial charge on any atom is -0.457 e. The Kier molecular flexibility index (Phi) is 6.01. The second kappa shape index (κ2) is 6.85. The molecule has 19 heavy (non-hydrogen) atoms. The van der Waals surface area contributed by atoms with Gasteiger partial charge in [-0.2, -0.15) is 0 Å². The predicted molar refractivity (Wildman–Crippen MR) is 76.0 cm³/mol. The average molecular weight is 400 g/mol. The summed E-state index contributed by atoms with van der Waals surface area (Å²) in [6.07, 6.45) is 0.685. The van der Waals surface area contributed by atoms with Crippen LogP contribution in [-0.4, -0.2) is 36.3 Å². The van der Waals surface area contributed by atoms with E-state index in [9.17, 15) is 9.59 Å². The minimum atomic E-state index is -1.18. The van der Waals surface area contributed by atoms with Crippen molar-refractivity contribution in [2.75, 3.05) is 12.4 Å². The molecule has 0 spiro atoms. The topological polar surface area (TPSA) is 61.8 Å². The van der Waals surface area contributed by atoms with Crippen LogP contribution in [0.5, 0.6) is 0 Å². The van der Waals surface area contributed by atoms with Gasteiger partial charge in [-0.15, -0.1) is 0 Å². The third kappa shape index (κ3) is 3.38. The van der Waals surface area contributed by atoms with E-state index in [2.05, 4.69) is 31.9 Å². The van der Waals surface area contributed by atoms with E-state index < -0.39 is 23.8 Å². The molecule has 0 fully saturated rings. The van der Waals surface area contributed by atoms with Crippen molar-refractivity contribution in [3.05, 3.63) is 10.1 Å². The van der Waals surface area contributed by atoms with Crippen LogP contribution in [0.1, 0.15) is 26.7 Å². The first-order chi connectivity index (χ1) is 8.91. The van der Waals surface area contributed by atoms with Crippen LogP contribution in [-0.2, 0) is 23.8 Å². The molecule has 0 saturated carbocycles. The number of methoxy groups -OCH3 is 1. The van der Waals surface area contributed by atoms with Crippen molar-refractivity contribution in [1.29, 1.82) is 0 Å². The molecule has 0 unspecified atom stereocenters. The number of esters is 2. The van der Waals surface area contributed by atoms with Gasteiger partial charge in [-0.05, 0) is 22.4 Å². The van der Waals surface area contributed by atoms with Crippen LogP contribution in [0.2, 0.25) is 0 Å². The van der Waals surface area contributed by atoms with Crippen molar-refractivity contribution in [3.8, 4) is 0 Å². The first kappa shape index (κ1) is 16.7. The number of ether oxygens (including phenoxy) is 3. The summed E-state index contributed by atoms with van der Waals surface area (Å²) in [5, 5.41) is 0.283. The molecule has 0 bridgehead atoms. The Morgan fingerprint density at radius 3 is 2.53 bits per heavy atom. The molecule has 2 atom stereocenters. The largest absolute Gasteiger partial charge is 0.457 e. The van der Waals surface area contributed by atoms with Gasteiger partial charge < -0.3 is 14.2 Å². The van der Waals surface area contributed by atoms with Gasteiger partial charge >= 0.3 is 11.9 Å². The zero-order valence-electron chi connectivity index (χ0n) is 11.0. The Labute approximate surface area is 128 Å². The molecule has 0 aromatic rings. The zero-order valence-corrected chi connectivity index (χ0v) is 14.2. The Morgan fingerprint density at radius 1 is 1.53 bits per heavy atom. The fourth-order valence-electron chi connectivity index (χ4n) is 1.81. The summed E-state index contributed by atoms with van der Waals surface area (Å²) < 4.78 is 16.2. The highest BCUT2D eigenvalue weighted by Crippen LogP contribution is 2.41. The van der Waals surface area contributed by atoms with Gasteiger partial charge in [0.05, 0.1) is 15.4 Å². The normalized spacial score (nSPS) is 24.4. The lowest BCUT2D eigenvalue weighted by atomic mass is 10.0. The van der Waals surface area contributed by atoms with Gasteiger partial charge in [-0.25, -0.2) is 4.79 Å². The van der Waals surface area contributed by atoms with E-state index in [-0.39, 0.29) is 5.33 Å². The van der Waals surface area contributed by atoms with E-state index in [1.54, 1.807) is 0 Å². The van der Waals surface area contributed by atoms with Gasteiger partial charge in [0, 0.05) is 14.0 Å². The first-order valence-electron chi connectivity index (χ1n) is 5.83. The van der Waals surface area contributed by atoms with E-state index in [0.29, 0.717) is 16.5 Å². The molecule has 1 aliphatic heterocycles. The molecule has 0 aromatic carbocycles. The number of carbonyl (C=O) groups is 2. The van der Waals surface area contributed by atoms with Crippen LogP contribution >= 0.6 is 31.9 Å². The van der Waals surface area contributed by atoms with Gasteiger partial charge in [-0.3, -0.25) is 4.79 Å². The van der Waals surface area contributed by atoms with Crippen LogP contribution in [0.3, 0.4) is 0 Å². The summed E-state index contributed by atoms with van der Waals surface area (Å²) >= 11 is 6.59. The van der Waals surface area contributed by atoms with Crippen molar-refractivity contribution in [2.24, 2.45) is 0 Å². The standard InChI is InChI=1S/C12H16Br2O5/c1-4-5-8(18-7(2)15)9-10(14)12(6-13,17-3)19-11(9)16/h8H,4-6H2,1-3H3/t8-,12+/m1/s1. The predicted octanol–water partition coefficient (Wildman–Crippen LogP) is 2.66. The van der Waals surface area contributed by atoms with Crippen LogP contribution in [0.4, 0.5) is 0 Å². The SMILES string of the molecule is CCC[C@@H](OC(C)=O)C1=C(Br)[C@@](CBr)(OC)OC1=O. The molecular weight excluding hydrogens is 384 g/mol. The highest BCUT2D eigenvalue weighted by molar-refractivity contribution is 9.12. The zero-order chi connectivity index (χ0) is 14.6. The molecule has 0 aromatic heterocycles. The summed E-state index contributed by atoms with van der Waals surface area (Å²) in [5.74, 6) is -2.15. The summed E-state index contributed by atoms with van der Waals surface area (Å²) in [6, 6.07) is 0. The van der Waals surface area contributed by atoms with E-state index >= 15 is 0 Å². The smallest absolute Gasteiger partial charge is 0.341 e. The number of hydrogen-bond donors (Lipinski definition) is 0. The van der Waals surface area contributed by atoms with Gasteiger partial charge in [0.15, 0.2) is 0 Å². The summed E-state index contributed by atoms with van der Waals surface area (Å²) in [7, 11) is 1.44. The number of carbonyl (C=O) groups excluding carboxylic acids is 2. The molecule has 0 N–H and O–H groups in total. The molecule has 1 rings (SSSR count). The van der Waals surface area contributed by atoms with E-state index in [0.717, 1.165) is 6.42 Å². The molecule has 1 aliphatic rings. The molecule has 0 saturated heterocycles. The second-order valence-corrected chi connectivity index (χ2v) is 5.45. The lowest BCUT2D eigenvalue weighted by Crippen LogP contribution is -2.34. The molecule has 7 heteroatoms. The highest BCUT2D eigenvalue weighted by atomic mass is 79.9. The van der Waals surface area contributed by atoms with Gasteiger partial charge in [-0.1, -0.05) is 29.3 Å². The summed E-state index contributed by atoms with van der Waals surface area (Å²) in [5.41, 5.74) is 0.304. The van der Waals surface area contributed by atoms with Gasteiger partial charge in [0.2, 0.25) is 0 Å². The Balaban J connectivity index is 3.15. The maximum Gasteiger partial charge on any atom is 0.341 e. The lowest BCUT2D eigenvalue weighted by Gasteiger charge is -2.24. The van der Waals surface area contributed by atoms with Crippen molar-refractivity contribution in [2.45, 2.75) is 38.6 Å². The number of alkyl halides is 1. The number of hydrogen-bond acceptors (Lipinski definition) is 5. The quantitative estimate of drug-likeness (QED) is 0.507. The summed E-state index contributed by atoms with van der Waals surface area (Å²) in [6.45, 7) is 3.25. The maximum atomic E-state index is 12.0. The molecular formula is C12H16Br2O5. The van der Waals surface area contributed by atoms with Crippen LogP contribution in [0, 0.1) is 0 Å². The van der Waals surface area contributed by atoms with Crippen molar-refractivity contribution in [1.82, 2.24) is 0 Å². The molecule has 0 aliphatic carbocycles. The van der Waals surface area contributed by atoms with Crippen molar-refractivity contribution >= 4 is 43.8 Å². The highest BCUT2D eigenvalue weighted by Gasteiger charge is 2.49. The van der Waals surface area contributed by atoms with Gasteiger partial charge in [0.25, 0.3) is 5.79 Å². The Bertz CT molecular complexity index is 401. The van der Waals surface area contributed by atoms with Crippen LogP contribution < -0.4 is 0 Å². The first-order valence-corrected chi connectivity index (χ1v) is 7.75. The monoisotopic (exact) mass is 398 g/mol. The summed E-state index contributed by atoms with van der Waals surface area (Å²) in [4.78, 5) is 23.2. The van der Waals surface area contributed by atoms with E-state index in [4.69, 9.17) is 14.2 Å². The third-order valence-electron chi connectivity index (χ3n) is 2.74. The molecule has 0 amide bonds. The fourth-order valence-corrected chi connectivity index (χ4v) is 3.61. The average Bonchev–Trinajstić information content (AvgIpc) is 2.60. The maximum absolute atomic E-state index is 12.0. The molecule has 108 valence electrons. The Morgan fingerprint density at radius 2 is 2.16 bits per heavy atom. The van der Waals surface area contributed by atoms with E-state index in [1.807, 2.05) is 6.92 Å². The van der Waals surface area contributed by atoms with E-state index in [1.165, 1.54) is 14.0 Å². The number of halogens is 2. The van der Waals surface area contributed by atoms with Crippen molar-refractivity contribution in [3.63, 3.8) is 0 Å². The minimum absolute atomic E-state index is 0.283. The Hall–Kier alpha value is -0.400. The van der Waals surface area contributed by atoms with Gasteiger partial charge in [0.1, 0.15) is 6.10 Å². The number of cyclic esters (lactones) is 1. The van der Waals surface area contributed by atoms with Crippen molar-refractivity contribution < 1.29 is 23.8 Å². The lowest BCUT2D eigenvalue weighted by molar-refractivity contribution is -0.181. The van der Waals surface area contributed by atoms with Crippen LogP contribution in [0.15, 0.2) is 10.1 Å². The molecule has 1 heterocycles. The number of rotatable bonds is 6. The van der Waals surface area contributed by atoms with Crippen LogP contribution in [0.25, 0.3) is 0 Å². The molecule has 0 radical (unpaired) electrons. The second-order valence-electron chi connectivity index (χ2n) is 4.09. The molecule has 5 nitrogen and oxygen atoms in total. The third-order valence-corrected chi connectivity index (χ3v) is 4.50. The fraction of sp³-hybridized carbons (Fsp3) is 0.667.